The van der Waals surface area contributed by atoms with Gasteiger partial charge in [-0.1, -0.05) is 0 Å². The summed E-state index contributed by atoms with van der Waals surface area (Å²) in [5, 5.41) is 0. The minimum absolute atomic E-state index is 0.00181. The molecule has 0 bridgehead atoms. The van der Waals surface area contributed by atoms with Gasteiger partial charge in [-0.25, -0.2) is 8.42 Å². The lowest BCUT2D eigenvalue weighted by atomic mass is 9.96. The number of sulfonamides is 1. The molecule has 1 atom stereocenters. The van der Waals surface area contributed by atoms with Crippen LogP contribution in [0, 0.1) is 5.92 Å². The van der Waals surface area contributed by atoms with Crippen LogP contribution in [0.5, 0.6) is 0 Å². The minimum Gasteiger partial charge on any atom is -0.468 e. The third kappa shape index (κ3) is 4.43. The zero-order chi connectivity index (χ0) is 17.9. The second kappa shape index (κ2) is 7.88. The van der Waals surface area contributed by atoms with Crippen molar-refractivity contribution >= 4 is 15.9 Å². The standard InChI is InChI=1S/C17H27N3O4S/c1-2-25(22,23)20-10-8-19(9-11-20)17(21)15-5-3-7-18(13-15)14-16-6-4-12-24-16/h4,6,12,15H,2-3,5,7-11,13-14H2,1H3. The van der Waals surface area contributed by atoms with Crippen molar-refractivity contribution in [2.24, 2.45) is 5.92 Å². The van der Waals surface area contributed by atoms with E-state index in [1.807, 2.05) is 17.0 Å². The number of likely N-dealkylation sites (tertiary alicyclic amines) is 1. The Kier molecular flexibility index (Phi) is 5.81. The monoisotopic (exact) mass is 369 g/mol. The molecule has 140 valence electrons. The maximum absolute atomic E-state index is 12.8. The molecule has 8 heteroatoms. The molecule has 0 aromatic carbocycles. The van der Waals surface area contributed by atoms with Crippen LogP contribution < -0.4 is 0 Å². The number of piperazine rings is 1. The Morgan fingerprint density at radius 2 is 2.00 bits per heavy atom. The summed E-state index contributed by atoms with van der Waals surface area (Å²) in [6.07, 6.45) is 3.58. The minimum atomic E-state index is -3.16. The average molecular weight is 369 g/mol. The summed E-state index contributed by atoms with van der Waals surface area (Å²) in [6.45, 7) is 5.91. The van der Waals surface area contributed by atoms with Gasteiger partial charge in [0.25, 0.3) is 0 Å². The lowest BCUT2D eigenvalue weighted by Gasteiger charge is -2.38. The summed E-state index contributed by atoms with van der Waals surface area (Å²) >= 11 is 0. The van der Waals surface area contributed by atoms with Crippen LogP contribution in [0.4, 0.5) is 0 Å². The fourth-order valence-corrected chi connectivity index (χ4v) is 4.74. The number of hydrogen-bond acceptors (Lipinski definition) is 5. The molecule has 0 spiro atoms. The molecular formula is C17H27N3O4S. The van der Waals surface area contributed by atoms with Crippen molar-refractivity contribution in [1.29, 1.82) is 0 Å². The van der Waals surface area contributed by atoms with Gasteiger partial charge in [0.1, 0.15) is 5.76 Å². The SMILES string of the molecule is CCS(=O)(=O)N1CCN(C(=O)C2CCCN(Cc3ccco3)C2)CC1. The Morgan fingerprint density at radius 1 is 1.24 bits per heavy atom. The number of carbonyl (C=O) groups excluding carboxylic acids is 1. The molecule has 2 aliphatic heterocycles. The molecule has 3 heterocycles. The molecule has 0 saturated carbocycles. The van der Waals surface area contributed by atoms with Crippen LogP contribution >= 0.6 is 0 Å². The van der Waals surface area contributed by atoms with E-state index < -0.39 is 10.0 Å². The predicted molar refractivity (Wildman–Crippen MR) is 94.3 cm³/mol. The van der Waals surface area contributed by atoms with E-state index >= 15 is 0 Å². The van der Waals surface area contributed by atoms with Gasteiger partial charge in [0.2, 0.25) is 15.9 Å². The summed E-state index contributed by atoms with van der Waals surface area (Å²) in [6, 6.07) is 3.84. The van der Waals surface area contributed by atoms with Crippen LogP contribution in [0.25, 0.3) is 0 Å². The molecule has 0 aliphatic carbocycles. The molecule has 2 saturated heterocycles. The van der Waals surface area contributed by atoms with Gasteiger partial charge in [-0.2, -0.15) is 4.31 Å². The van der Waals surface area contributed by atoms with Crippen molar-refractivity contribution in [3.05, 3.63) is 24.2 Å². The number of carbonyl (C=O) groups is 1. The van der Waals surface area contributed by atoms with E-state index in [1.165, 1.54) is 4.31 Å². The van der Waals surface area contributed by atoms with E-state index in [-0.39, 0.29) is 17.6 Å². The Balaban J connectivity index is 1.53. The van der Waals surface area contributed by atoms with E-state index in [4.69, 9.17) is 4.42 Å². The first-order valence-corrected chi connectivity index (χ1v) is 10.6. The van der Waals surface area contributed by atoms with Gasteiger partial charge >= 0.3 is 0 Å². The number of furan rings is 1. The average Bonchev–Trinajstić information content (AvgIpc) is 3.14. The van der Waals surface area contributed by atoms with Crippen LogP contribution in [0.2, 0.25) is 0 Å². The number of amides is 1. The molecule has 1 aromatic heterocycles. The van der Waals surface area contributed by atoms with Gasteiger partial charge in [-0.15, -0.1) is 0 Å². The quantitative estimate of drug-likeness (QED) is 0.774. The van der Waals surface area contributed by atoms with E-state index in [1.54, 1.807) is 13.2 Å². The van der Waals surface area contributed by atoms with Gasteiger partial charge in [0, 0.05) is 32.7 Å². The summed E-state index contributed by atoms with van der Waals surface area (Å²) < 4.78 is 30.8. The van der Waals surface area contributed by atoms with Gasteiger partial charge in [-0.05, 0) is 38.4 Å². The third-order valence-corrected chi connectivity index (χ3v) is 7.00. The summed E-state index contributed by atoms with van der Waals surface area (Å²) in [5.41, 5.74) is 0. The van der Waals surface area contributed by atoms with Gasteiger partial charge in [0.05, 0.1) is 24.5 Å². The predicted octanol–water partition coefficient (Wildman–Crippen LogP) is 0.985. The first-order valence-electron chi connectivity index (χ1n) is 9.01. The van der Waals surface area contributed by atoms with Gasteiger partial charge < -0.3 is 9.32 Å². The topological polar surface area (TPSA) is 74.1 Å². The van der Waals surface area contributed by atoms with Crippen molar-refractivity contribution in [2.75, 3.05) is 45.0 Å². The van der Waals surface area contributed by atoms with Crippen molar-refractivity contribution < 1.29 is 17.6 Å². The fourth-order valence-electron chi connectivity index (χ4n) is 3.65. The van der Waals surface area contributed by atoms with Gasteiger partial charge in [-0.3, -0.25) is 9.69 Å². The molecule has 1 amide bonds. The van der Waals surface area contributed by atoms with Crippen molar-refractivity contribution in [1.82, 2.24) is 14.1 Å². The van der Waals surface area contributed by atoms with E-state index in [0.717, 1.165) is 38.2 Å². The smallest absolute Gasteiger partial charge is 0.227 e. The number of hydrogen-bond donors (Lipinski definition) is 0. The van der Waals surface area contributed by atoms with Crippen LogP contribution in [0.3, 0.4) is 0 Å². The van der Waals surface area contributed by atoms with E-state index in [0.29, 0.717) is 26.2 Å². The number of piperidine rings is 1. The Hall–Kier alpha value is -1.38. The lowest BCUT2D eigenvalue weighted by molar-refractivity contribution is -0.138. The first kappa shape index (κ1) is 18.4. The highest BCUT2D eigenvalue weighted by Gasteiger charge is 2.33. The second-order valence-corrected chi connectivity index (χ2v) is 9.04. The molecule has 1 unspecified atom stereocenters. The van der Waals surface area contributed by atoms with Crippen LogP contribution in [0.1, 0.15) is 25.5 Å². The molecule has 7 nitrogen and oxygen atoms in total. The maximum atomic E-state index is 12.8. The maximum Gasteiger partial charge on any atom is 0.227 e. The molecule has 25 heavy (non-hydrogen) atoms. The zero-order valence-electron chi connectivity index (χ0n) is 14.8. The van der Waals surface area contributed by atoms with Crippen molar-refractivity contribution in [3.63, 3.8) is 0 Å². The van der Waals surface area contributed by atoms with Crippen molar-refractivity contribution in [2.45, 2.75) is 26.3 Å². The van der Waals surface area contributed by atoms with Crippen LogP contribution in [0.15, 0.2) is 22.8 Å². The van der Waals surface area contributed by atoms with Gasteiger partial charge in [0.15, 0.2) is 0 Å². The van der Waals surface area contributed by atoms with Crippen molar-refractivity contribution in [3.8, 4) is 0 Å². The molecule has 2 fully saturated rings. The summed E-state index contributed by atoms with van der Waals surface area (Å²) in [4.78, 5) is 16.9. The number of nitrogens with zero attached hydrogens (tertiary/aromatic N) is 3. The Morgan fingerprint density at radius 3 is 2.64 bits per heavy atom. The molecule has 0 N–H and O–H groups in total. The summed E-state index contributed by atoms with van der Waals surface area (Å²) in [5.74, 6) is 1.20. The number of rotatable bonds is 5. The summed E-state index contributed by atoms with van der Waals surface area (Å²) in [7, 11) is -3.16. The van der Waals surface area contributed by atoms with Crippen LogP contribution in [-0.4, -0.2) is 73.5 Å². The first-order chi connectivity index (χ1) is 12.0. The molecular weight excluding hydrogens is 342 g/mol. The molecule has 1 aromatic rings. The zero-order valence-corrected chi connectivity index (χ0v) is 15.6. The molecule has 3 rings (SSSR count). The Bertz CT molecular complexity index is 666. The molecule has 0 radical (unpaired) electrons. The normalized spacial score (nSPS) is 23.7. The third-order valence-electron chi connectivity index (χ3n) is 5.12. The Labute approximate surface area is 149 Å². The second-order valence-electron chi connectivity index (χ2n) is 6.78. The van der Waals surface area contributed by atoms with E-state index in [9.17, 15) is 13.2 Å². The highest BCUT2D eigenvalue weighted by Crippen LogP contribution is 2.22. The highest BCUT2D eigenvalue weighted by atomic mass is 32.2. The molecule has 2 aliphatic rings. The largest absolute Gasteiger partial charge is 0.468 e. The lowest BCUT2D eigenvalue weighted by Crippen LogP contribution is -2.53. The van der Waals surface area contributed by atoms with Crippen LogP contribution in [-0.2, 0) is 21.4 Å². The van der Waals surface area contributed by atoms with E-state index in [2.05, 4.69) is 4.90 Å². The highest BCUT2D eigenvalue weighted by molar-refractivity contribution is 7.89. The fraction of sp³-hybridized carbons (Fsp3) is 0.706.